The Kier molecular flexibility index (Phi) is 4.99. The summed E-state index contributed by atoms with van der Waals surface area (Å²) < 4.78 is 10.6. The molecule has 2 unspecified atom stereocenters. The first kappa shape index (κ1) is 14.1. The van der Waals surface area contributed by atoms with Gasteiger partial charge in [-0.15, -0.1) is 0 Å². The zero-order valence-corrected chi connectivity index (χ0v) is 11.2. The number of furan rings is 1. The average molecular weight is 267 g/mol. The standard InChI is InChI=1S/C14H21NO4/c1-2-4-14(17)15-6-8-18-10-11(15)9-12(16)13-5-3-7-19-13/h3,5,7,11-12,16H,2,4,6,8-10H2,1H3. The Hall–Kier alpha value is -1.33. The molecule has 2 rings (SSSR count). The molecule has 1 amide bonds. The second-order valence-corrected chi connectivity index (χ2v) is 4.83. The van der Waals surface area contributed by atoms with Crippen LogP contribution in [0.3, 0.4) is 0 Å². The van der Waals surface area contributed by atoms with Gasteiger partial charge in [0.05, 0.1) is 25.5 Å². The van der Waals surface area contributed by atoms with Gasteiger partial charge in [0, 0.05) is 19.4 Å². The van der Waals surface area contributed by atoms with E-state index in [1.807, 2.05) is 11.8 Å². The number of rotatable bonds is 5. The van der Waals surface area contributed by atoms with E-state index in [1.165, 1.54) is 6.26 Å². The van der Waals surface area contributed by atoms with E-state index in [0.717, 1.165) is 6.42 Å². The number of hydrogen-bond acceptors (Lipinski definition) is 4. The van der Waals surface area contributed by atoms with Crippen molar-refractivity contribution in [3.63, 3.8) is 0 Å². The van der Waals surface area contributed by atoms with Crippen molar-refractivity contribution >= 4 is 5.91 Å². The maximum atomic E-state index is 12.0. The van der Waals surface area contributed by atoms with Crippen LogP contribution in [0.1, 0.15) is 38.1 Å². The number of ether oxygens (including phenoxy) is 1. The van der Waals surface area contributed by atoms with Gasteiger partial charge in [-0.2, -0.15) is 0 Å². The second kappa shape index (κ2) is 6.73. The third-order valence-electron chi connectivity index (χ3n) is 3.38. The van der Waals surface area contributed by atoms with Crippen LogP contribution in [0, 0.1) is 0 Å². The normalized spacial score (nSPS) is 21.4. The van der Waals surface area contributed by atoms with E-state index in [1.54, 1.807) is 12.1 Å². The van der Waals surface area contributed by atoms with Crippen LogP contribution in [0.4, 0.5) is 0 Å². The molecule has 1 aliphatic rings. The van der Waals surface area contributed by atoms with E-state index in [0.29, 0.717) is 38.4 Å². The number of nitrogens with zero attached hydrogens (tertiary/aromatic N) is 1. The Morgan fingerprint density at radius 3 is 3.16 bits per heavy atom. The lowest BCUT2D eigenvalue weighted by Gasteiger charge is -2.36. The van der Waals surface area contributed by atoms with Crippen molar-refractivity contribution in [2.75, 3.05) is 19.8 Å². The van der Waals surface area contributed by atoms with Crippen molar-refractivity contribution in [3.8, 4) is 0 Å². The molecule has 1 aromatic rings. The van der Waals surface area contributed by atoms with Crippen LogP contribution in [-0.2, 0) is 9.53 Å². The van der Waals surface area contributed by atoms with E-state index >= 15 is 0 Å². The molecule has 1 aliphatic heterocycles. The lowest BCUT2D eigenvalue weighted by molar-refractivity contribution is -0.141. The Balaban J connectivity index is 1.97. The van der Waals surface area contributed by atoms with E-state index < -0.39 is 6.10 Å². The fourth-order valence-electron chi connectivity index (χ4n) is 2.39. The molecular weight excluding hydrogens is 246 g/mol. The molecule has 1 aromatic heterocycles. The van der Waals surface area contributed by atoms with Gasteiger partial charge >= 0.3 is 0 Å². The highest BCUT2D eigenvalue weighted by Gasteiger charge is 2.29. The number of morpholine rings is 1. The van der Waals surface area contributed by atoms with E-state index in [-0.39, 0.29) is 11.9 Å². The second-order valence-electron chi connectivity index (χ2n) is 4.83. The minimum absolute atomic E-state index is 0.0760. The Morgan fingerprint density at radius 2 is 2.47 bits per heavy atom. The number of amides is 1. The summed E-state index contributed by atoms with van der Waals surface area (Å²) in [6.45, 7) is 3.65. The maximum Gasteiger partial charge on any atom is 0.222 e. The fourth-order valence-corrected chi connectivity index (χ4v) is 2.39. The number of carbonyl (C=O) groups excluding carboxylic acids is 1. The lowest BCUT2D eigenvalue weighted by atomic mass is 10.0. The smallest absolute Gasteiger partial charge is 0.222 e. The zero-order valence-electron chi connectivity index (χ0n) is 11.2. The molecule has 1 fully saturated rings. The highest BCUT2D eigenvalue weighted by atomic mass is 16.5. The van der Waals surface area contributed by atoms with Gasteiger partial charge in [0.1, 0.15) is 11.9 Å². The topological polar surface area (TPSA) is 62.9 Å². The van der Waals surface area contributed by atoms with Crippen molar-refractivity contribution in [3.05, 3.63) is 24.2 Å². The molecule has 19 heavy (non-hydrogen) atoms. The largest absolute Gasteiger partial charge is 0.467 e. The lowest BCUT2D eigenvalue weighted by Crippen LogP contribution is -2.49. The summed E-state index contributed by atoms with van der Waals surface area (Å²) in [6, 6.07) is 3.41. The van der Waals surface area contributed by atoms with Gasteiger partial charge in [-0.05, 0) is 18.6 Å². The van der Waals surface area contributed by atoms with Crippen LogP contribution in [0.5, 0.6) is 0 Å². The third-order valence-corrected chi connectivity index (χ3v) is 3.38. The molecule has 1 N–H and O–H groups in total. The minimum Gasteiger partial charge on any atom is -0.467 e. The predicted octanol–water partition coefficient (Wildman–Crippen LogP) is 1.73. The Bertz CT molecular complexity index is 390. The number of carbonyl (C=O) groups is 1. The molecule has 0 spiro atoms. The first-order valence-corrected chi connectivity index (χ1v) is 6.81. The quantitative estimate of drug-likeness (QED) is 0.882. The minimum atomic E-state index is -0.696. The van der Waals surface area contributed by atoms with Crippen molar-refractivity contribution in [1.82, 2.24) is 4.90 Å². The summed E-state index contributed by atoms with van der Waals surface area (Å²) in [4.78, 5) is 13.9. The van der Waals surface area contributed by atoms with Crippen molar-refractivity contribution in [1.29, 1.82) is 0 Å². The Labute approximate surface area is 113 Å². The molecule has 2 heterocycles. The van der Waals surface area contributed by atoms with Gasteiger partial charge in [0.15, 0.2) is 0 Å². The van der Waals surface area contributed by atoms with Gasteiger partial charge in [-0.1, -0.05) is 6.92 Å². The summed E-state index contributed by atoms with van der Waals surface area (Å²) >= 11 is 0. The summed E-state index contributed by atoms with van der Waals surface area (Å²) in [6.07, 6.45) is 2.68. The zero-order chi connectivity index (χ0) is 13.7. The predicted molar refractivity (Wildman–Crippen MR) is 69.5 cm³/mol. The number of hydrogen-bond donors (Lipinski definition) is 1. The molecule has 0 aromatic carbocycles. The SMILES string of the molecule is CCCC(=O)N1CCOCC1CC(O)c1ccco1. The molecule has 106 valence electrons. The van der Waals surface area contributed by atoms with E-state index in [9.17, 15) is 9.90 Å². The van der Waals surface area contributed by atoms with E-state index in [4.69, 9.17) is 9.15 Å². The summed E-state index contributed by atoms with van der Waals surface area (Å²) in [5.41, 5.74) is 0. The van der Waals surface area contributed by atoms with Crippen molar-refractivity contribution in [2.24, 2.45) is 0 Å². The van der Waals surface area contributed by atoms with Gasteiger partial charge in [0.2, 0.25) is 5.91 Å². The molecular formula is C14H21NO4. The van der Waals surface area contributed by atoms with Crippen molar-refractivity contribution in [2.45, 2.75) is 38.3 Å². The molecule has 5 nitrogen and oxygen atoms in total. The third kappa shape index (κ3) is 3.58. The molecule has 5 heteroatoms. The molecule has 0 bridgehead atoms. The highest BCUT2D eigenvalue weighted by molar-refractivity contribution is 5.76. The van der Waals surface area contributed by atoms with Crippen LogP contribution in [0.25, 0.3) is 0 Å². The molecule has 0 saturated carbocycles. The van der Waals surface area contributed by atoms with Crippen molar-refractivity contribution < 1.29 is 19.1 Å². The van der Waals surface area contributed by atoms with Crippen LogP contribution < -0.4 is 0 Å². The highest BCUT2D eigenvalue weighted by Crippen LogP contribution is 2.23. The molecule has 0 radical (unpaired) electrons. The van der Waals surface area contributed by atoms with E-state index in [2.05, 4.69) is 0 Å². The summed E-state index contributed by atoms with van der Waals surface area (Å²) in [5.74, 6) is 0.677. The summed E-state index contributed by atoms with van der Waals surface area (Å²) in [5, 5.41) is 10.1. The van der Waals surface area contributed by atoms with Gasteiger partial charge in [-0.25, -0.2) is 0 Å². The van der Waals surface area contributed by atoms with Crippen LogP contribution in [0.2, 0.25) is 0 Å². The average Bonchev–Trinajstić information content (AvgIpc) is 2.93. The van der Waals surface area contributed by atoms with Crippen LogP contribution in [0.15, 0.2) is 22.8 Å². The Morgan fingerprint density at radius 1 is 1.63 bits per heavy atom. The number of aliphatic hydroxyl groups is 1. The van der Waals surface area contributed by atoms with Gasteiger partial charge < -0.3 is 19.2 Å². The maximum absolute atomic E-state index is 12.0. The van der Waals surface area contributed by atoms with Crippen LogP contribution >= 0.6 is 0 Å². The summed E-state index contributed by atoms with van der Waals surface area (Å²) in [7, 11) is 0. The van der Waals surface area contributed by atoms with Crippen LogP contribution in [-0.4, -0.2) is 41.7 Å². The molecule has 2 atom stereocenters. The van der Waals surface area contributed by atoms with Gasteiger partial charge in [-0.3, -0.25) is 4.79 Å². The first-order valence-electron chi connectivity index (χ1n) is 6.81. The molecule has 1 saturated heterocycles. The van der Waals surface area contributed by atoms with Gasteiger partial charge in [0.25, 0.3) is 0 Å². The fraction of sp³-hybridized carbons (Fsp3) is 0.643. The molecule has 0 aliphatic carbocycles. The first-order chi connectivity index (χ1) is 9.22. The number of aliphatic hydroxyl groups excluding tert-OH is 1. The monoisotopic (exact) mass is 267 g/mol.